The summed E-state index contributed by atoms with van der Waals surface area (Å²) in [5.74, 6) is 0. The average molecular weight is 400 g/mol. The number of hydrogen-bond acceptors (Lipinski definition) is 5. The molecule has 1 atom stereocenters. The van der Waals surface area contributed by atoms with Crippen molar-refractivity contribution in [2.24, 2.45) is 5.14 Å². The quantitative estimate of drug-likeness (QED) is 0.591. The van der Waals surface area contributed by atoms with Crippen LogP contribution in [0, 0.1) is 10.1 Å². The highest BCUT2D eigenvalue weighted by atomic mass is 79.9. The molecule has 0 aliphatic heterocycles. The Hall–Kier alpha value is -1.97. The first-order valence-electron chi connectivity index (χ1n) is 6.52. The number of halogens is 1. The van der Waals surface area contributed by atoms with E-state index in [0.717, 1.165) is 16.1 Å². The van der Waals surface area contributed by atoms with Gasteiger partial charge in [0.05, 0.1) is 10.6 Å². The molecule has 0 bridgehead atoms. The van der Waals surface area contributed by atoms with Crippen LogP contribution in [0.3, 0.4) is 0 Å². The molecule has 2 rings (SSSR count). The van der Waals surface area contributed by atoms with Crippen molar-refractivity contribution in [2.45, 2.75) is 17.9 Å². The Morgan fingerprint density at radius 2 is 1.91 bits per heavy atom. The van der Waals surface area contributed by atoms with Crippen molar-refractivity contribution in [3.8, 4) is 0 Å². The lowest BCUT2D eigenvalue weighted by Gasteiger charge is -2.18. The van der Waals surface area contributed by atoms with Crippen molar-refractivity contribution in [1.82, 2.24) is 0 Å². The van der Waals surface area contributed by atoms with Gasteiger partial charge >= 0.3 is 0 Å². The molecule has 0 fully saturated rings. The van der Waals surface area contributed by atoms with Gasteiger partial charge in [-0.15, -0.1) is 0 Å². The molecule has 0 saturated carbocycles. The van der Waals surface area contributed by atoms with E-state index in [4.69, 9.17) is 5.14 Å². The van der Waals surface area contributed by atoms with Gasteiger partial charge in [0.2, 0.25) is 10.0 Å². The molecule has 0 heterocycles. The number of primary sulfonamides is 1. The van der Waals surface area contributed by atoms with Crippen molar-refractivity contribution in [1.29, 1.82) is 0 Å². The Morgan fingerprint density at radius 1 is 1.26 bits per heavy atom. The third-order valence-corrected chi connectivity index (χ3v) is 4.90. The summed E-state index contributed by atoms with van der Waals surface area (Å²) in [7, 11) is -4.11. The average Bonchev–Trinajstić information content (AvgIpc) is 2.46. The van der Waals surface area contributed by atoms with Gasteiger partial charge in [0, 0.05) is 22.6 Å². The monoisotopic (exact) mass is 399 g/mol. The van der Waals surface area contributed by atoms with E-state index in [0.29, 0.717) is 0 Å². The van der Waals surface area contributed by atoms with E-state index in [1.165, 1.54) is 12.1 Å². The first kappa shape index (κ1) is 17.4. The van der Waals surface area contributed by atoms with Gasteiger partial charge in [-0.3, -0.25) is 10.1 Å². The largest absolute Gasteiger partial charge is 0.377 e. The number of benzene rings is 2. The summed E-state index contributed by atoms with van der Waals surface area (Å²) in [4.78, 5) is 9.84. The summed E-state index contributed by atoms with van der Waals surface area (Å²) in [6.45, 7) is 1.84. The number of nitrogens with one attached hydrogen (secondary N) is 1. The summed E-state index contributed by atoms with van der Waals surface area (Å²) < 4.78 is 24.3. The normalized spacial score (nSPS) is 12.7. The van der Waals surface area contributed by atoms with Gasteiger partial charge in [-0.2, -0.15) is 0 Å². The number of non-ortho nitro benzene ring substituents is 1. The molecule has 0 aliphatic rings. The fourth-order valence-corrected chi connectivity index (χ4v) is 3.46. The van der Waals surface area contributed by atoms with Crippen LogP contribution >= 0.6 is 15.9 Å². The highest BCUT2D eigenvalue weighted by molar-refractivity contribution is 9.10. The van der Waals surface area contributed by atoms with Crippen molar-refractivity contribution in [3.63, 3.8) is 0 Å². The Kier molecular flexibility index (Phi) is 5.03. The van der Waals surface area contributed by atoms with Crippen LogP contribution in [-0.2, 0) is 10.0 Å². The zero-order valence-electron chi connectivity index (χ0n) is 12.1. The van der Waals surface area contributed by atoms with Gasteiger partial charge in [0.15, 0.2) is 0 Å². The lowest BCUT2D eigenvalue weighted by atomic mass is 10.1. The fourth-order valence-electron chi connectivity index (χ4n) is 2.12. The first-order chi connectivity index (χ1) is 10.7. The molecule has 23 heavy (non-hydrogen) atoms. The lowest BCUT2D eigenvalue weighted by molar-refractivity contribution is -0.385. The molecule has 2 aromatic rings. The van der Waals surface area contributed by atoms with Crippen LogP contribution in [0.2, 0.25) is 0 Å². The summed E-state index contributed by atoms with van der Waals surface area (Å²) in [6, 6.07) is 10.7. The Labute approximate surface area is 141 Å². The molecule has 7 nitrogen and oxygen atoms in total. The van der Waals surface area contributed by atoms with E-state index >= 15 is 0 Å². The summed E-state index contributed by atoms with van der Waals surface area (Å²) in [5.41, 5.74) is 0.778. The van der Waals surface area contributed by atoms with Crippen LogP contribution in [0.15, 0.2) is 51.8 Å². The van der Waals surface area contributed by atoms with Crippen LogP contribution in [0.5, 0.6) is 0 Å². The van der Waals surface area contributed by atoms with Gasteiger partial charge in [-0.05, 0) is 24.6 Å². The number of nitrogens with zero attached hydrogens (tertiary/aromatic N) is 1. The van der Waals surface area contributed by atoms with Crippen LogP contribution in [0.4, 0.5) is 11.4 Å². The molecule has 9 heteroatoms. The standard InChI is InChI=1S/C14H14BrN3O4S/c1-9(11-4-2-3-5-12(11)15)17-13-7-6-10(18(19)20)8-14(13)23(16,21)22/h2-9,17H,1H3,(H2,16,21,22). The number of nitro benzene ring substituents is 1. The van der Waals surface area contributed by atoms with Gasteiger partial charge in [-0.1, -0.05) is 34.1 Å². The molecular weight excluding hydrogens is 386 g/mol. The van der Waals surface area contributed by atoms with E-state index in [-0.39, 0.29) is 22.3 Å². The van der Waals surface area contributed by atoms with Crippen molar-refractivity contribution >= 4 is 37.3 Å². The van der Waals surface area contributed by atoms with Crippen LogP contribution in [0.1, 0.15) is 18.5 Å². The van der Waals surface area contributed by atoms with Crippen LogP contribution in [-0.4, -0.2) is 13.3 Å². The van der Waals surface area contributed by atoms with Gasteiger partial charge in [0.25, 0.3) is 5.69 Å². The summed E-state index contributed by atoms with van der Waals surface area (Å²) >= 11 is 3.43. The Morgan fingerprint density at radius 3 is 2.48 bits per heavy atom. The molecule has 0 saturated heterocycles. The third kappa shape index (κ3) is 4.06. The maximum Gasteiger partial charge on any atom is 0.270 e. The van der Waals surface area contributed by atoms with Crippen LogP contribution < -0.4 is 10.5 Å². The highest BCUT2D eigenvalue weighted by Gasteiger charge is 2.20. The first-order valence-corrected chi connectivity index (χ1v) is 8.86. The predicted molar refractivity (Wildman–Crippen MR) is 90.6 cm³/mol. The molecule has 1 unspecified atom stereocenters. The topological polar surface area (TPSA) is 115 Å². The molecular formula is C14H14BrN3O4S. The third-order valence-electron chi connectivity index (χ3n) is 3.23. The fraction of sp³-hybridized carbons (Fsp3) is 0.143. The minimum absolute atomic E-state index is 0.210. The maximum atomic E-state index is 11.7. The number of rotatable bonds is 5. The second-order valence-electron chi connectivity index (χ2n) is 4.87. The van der Waals surface area contributed by atoms with Gasteiger partial charge < -0.3 is 5.32 Å². The molecule has 122 valence electrons. The molecule has 0 aromatic heterocycles. The smallest absolute Gasteiger partial charge is 0.270 e. The van der Waals surface area contributed by atoms with E-state index < -0.39 is 14.9 Å². The van der Waals surface area contributed by atoms with Crippen molar-refractivity contribution in [2.75, 3.05) is 5.32 Å². The van der Waals surface area contributed by atoms with E-state index in [2.05, 4.69) is 21.2 Å². The number of hydrogen-bond donors (Lipinski definition) is 2. The van der Waals surface area contributed by atoms with Crippen molar-refractivity contribution in [3.05, 3.63) is 62.6 Å². The SMILES string of the molecule is CC(Nc1ccc([N+](=O)[O-])cc1S(N)(=O)=O)c1ccccc1Br. The van der Waals surface area contributed by atoms with Gasteiger partial charge in [0.1, 0.15) is 4.90 Å². The van der Waals surface area contributed by atoms with Crippen LogP contribution in [0.25, 0.3) is 0 Å². The Balaban J connectivity index is 2.44. The second-order valence-corrected chi connectivity index (χ2v) is 7.25. The minimum atomic E-state index is -4.11. The second kappa shape index (κ2) is 6.65. The summed E-state index contributed by atoms with van der Waals surface area (Å²) in [6.07, 6.45) is 0. The number of sulfonamides is 1. The van der Waals surface area contributed by atoms with Gasteiger partial charge in [-0.25, -0.2) is 13.6 Å². The molecule has 0 spiro atoms. The summed E-state index contributed by atoms with van der Waals surface area (Å²) in [5, 5.41) is 19.0. The van der Waals surface area contributed by atoms with E-state index in [1.807, 2.05) is 31.2 Å². The number of nitrogens with two attached hydrogens (primary N) is 1. The predicted octanol–water partition coefficient (Wildman–Crippen LogP) is 3.18. The van der Waals surface area contributed by atoms with Crippen molar-refractivity contribution < 1.29 is 13.3 Å². The molecule has 0 amide bonds. The zero-order chi connectivity index (χ0) is 17.2. The number of anilines is 1. The zero-order valence-corrected chi connectivity index (χ0v) is 14.5. The van der Waals surface area contributed by atoms with E-state index in [9.17, 15) is 18.5 Å². The van der Waals surface area contributed by atoms with E-state index in [1.54, 1.807) is 0 Å². The highest BCUT2D eigenvalue weighted by Crippen LogP contribution is 2.30. The minimum Gasteiger partial charge on any atom is -0.377 e. The lowest BCUT2D eigenvalue weighted by Crippen LogP contribution is -2.17. The molecule has 0 radical (unpaired) electrons. The maximum absolute atomic E-state index is 11.7. The Bertz CT molecular complexity index is 855. The molecule has 0 aliphatic carbocycles. The molecule has 3 N–H and O–H groups in total. The molecule has 2 aromatic carbocycles. The number of nitro groups is 1.